The van der Waals surface area contributed by atoms with E-state index in [1.165, 1.54) is 0 Å². The lowest BCUT2D eigenvalue weighted by molar-refractivity contribution is -0.137. The highest BCUT2D eigenvalue weighted by molar-refractivity contribution is 5.76. The van der Waals surface area contributed by atoms with Crippen molar-refractivity contribution >= 4 is 17.0 Å². The van der Waals surface area contributed by atoms with E-state index in [0.29, 0.717) is 29.8 Å². The molecule has 7 heteroatoms. The minimum Gasteiger partial charge on any atom is -0.481 e. The van der Waals surface area contributed by atoms with Crippen LogP contribution in [0.15, 0.2) is 12.1 Å². The number of nitrogens with zero attached hydrogens (tertiary/aromatic N) is 3. The Morgan fingerprint density at radius 2 is 2.00 bits per heavy atom. The minimum atomic E-state index is -0.960. The number of carbonyl (C=O) groups is 1. The Morgan fingerprint density at radius 3 is 2.62 bits per heavy atom. The lowest BCUT2D eigenvalue weighted by Crippen LogP contribution is -2.18. The Morgan fingerprint density at radius 1 is 1.33 bits per heavy atom. The lowest BCUT2D eigenvalue weighted by Gasteiger charge is -2.11. The first kappa shape index (κ1) is 15.4. The van der Waals surface area contributed by atoms with Crippen molar-refractivity contribution in [2.45, 2.75) is 19.4 Å². The monoisotopic (exact) mass is 297 g/mol. The van der Waals surface area contributed by atoms with Crippen LogP contribution in [0.5, 0.6) is 0 Å². The molecule has 0 amide bonds. The van der Waals surface area contributed by atoms with Crippen LogP contribution in [0.4, 0.5) is 8.78 Å². The number of imidazole rings is 1. The van der Waals surface area contributed by atoms with E-state index in [-0.39, 0.29) is 13.0 Å². The molecule has 0 spiro atoms. The predicted octanol–water partition coefficient (Wildman–Crippen LogP) is 1.89. The van der Waals surface area contributed by atoms with Crippen LogP contribution >= 0.6 is 0 Å². The number of rotatable bonds is 6. The molecule has 0 aliphatic carbocycles. The molecule has 21 heavy (non-hydrogen) atoms. The van der Waals surface area contributed by atoms with Gasteiger partial charge in [0.05, 0.1) is 17.5 Å². The number of hydrogen-bond acceptors (Lipinski definition) is 3. The molecule has 1 N–H and O–H groups in total. The lowest BCUT2D eigenvalue weighted by atomic mass is 10.3. The molecule has 1 heterocycles. The molecular formula is C14H17F2N3O2. The van der Waals surface area contributed by atoms with Gasteiger partial charge in [0.15, 0.2) is 11.6 Å². The fourth-order valence-electron chi connectivity index (χ4n) is 2.14. The van der Waals surface area contributed by atoms with Gasteiger partial charge in [-0.3, -0.25) is 4.79 Å². The molecule has 0 bridgehead atoms. The van der Waals surface area contributed by atoms with E-state index < -0.39 is 17.6 Å². The zero-order chi connectivity index (χ0) is 15.6. The minimum absolute atomic E-state index is 0.0978. The first-order chi connectivity index (χ1) is 9.88. The third kappa shape index (κ3) is 3.55. The number of benzene rings is 1. The van der Waals surface area contributed by atoms with Crippen LogP contribution in [0, 0.1) is 11.6 Å². The highest BCUT2D eigenvalue weighted by atomic mass is 19.2. The average molecular weight is 297 g/mol. The maximum atomic E-state index is 13.4. The van der Waals surface area contributed by atoms with Gasteiger partial charge >= 0.3 is 5.97 Å². The van der Waals surface area contributed by atoms with E-state index in [1.807, 2.05) is 19.0 Å². The van der Waals surface area contributed by atoms with E-state index >= 15 is 0 Å². The molecule has 0 aliphatic heterocycles. The number of carboxylic acids is 1. The van der Waals surface area contributed by atoms with Crippen molar-refractivity contribution in [2.75, 3.05) is 20.6 Å². The molecule has 2 aromatic rings. The summed E-state index contributed by atoms with van der Waals surface area (Å²) in [7, 11) is 3.81. The average Bonchev–Trinajstić information content (AvgIpc) is 2.71. The van der Waals surface area contributed by atoms with Gasteiger partial charge in [0, 0.05) is 31.6 Å². The van der Waals surface area contributed by atoms with Crippen LogP contribution in [0.25, 0.3) is 11.0 Å². The van der Waals surface area contributed by atoms with Gasteiger partial charge in [-0.25, -0.2) is 13.8 Å². The molecular weight excluding hydrogens is 280 g/mol. The van der Waals surface area contributed by atoms with Gasteiger partial charge in [-0.1, -0.05) is 0 Å². The highest BCUT2D eigenvalue weighted by Gasteiger charge is 2.15. The van der Waals surface area contributed by atoms with Crippen LogP contribution in [0.2, 0.25) is 0 Å². The van der Waals surface area contributed by atoms with E-state index in [0.717, 1.165) is 12.1 Å². The number of likely N-dealkylation sites (N-methyl/N-ethyl adjacent to an activating group) is 1. The molecule has 114 valence electrons. The zero-order valence-electron chi connectivity index (χ0n) is 11.9. The molecule has 1 aromatic carbocycles. The molecule has 0 atom stereocenters. The second kappa shape index (κ2) is 6.17. The molecule has 1 aromatic heterocycles. The van der Waals surface area contributed by atoms with Gasteiger partial charge in [0.25, 0.3) is 0 Å². The van der Waals surface area contributed by atoms with Gasteiger partial charge in [-0.2, -0.15) is 0 Å². The van der Waals surface area contributed by atoms with E-state index in [1.54, 1.807) is 4.57 Å². The smallest absolute Gasteiger partial charge is 0.305 e. The van der Waals surface area contributed by atoms with Crippen molar-refractivity contribution in [1.29, 1.82) is 0 Å². The summed E-state index contributed by atoms with van der Waals surface area (Å²) in [6.45, 7) is 0.890. The molecule has 0 fully saturated rings. The molecule has 0 unspecified atom stereocenters. The molecule has 0 saturated heterocycles. The van der Waals surface area contributed by atoms with Crippen molar-refractivity contribution in [1.82, 2.24) is 14.5 Å². The summed E-state index contributed by atoms with van der Waals surface area (Å²) in [5, 5.41) is 8.82. The van der Waals surface area contributed by atoms with Crippen LogP contribution in [-0.2, 0) is 17.8 Å². The SMILES string of the molecule is CN(C)CCc1nc2cc(F)c(F)cc2n1CCC(=O)O. The summed E-state index contributed by atoms with van der Waals surface area (Å²) < 4.78 is 28.3. The first-order valence-electron chi connectivity index (χ1n) is 6.59. The van der Waals surface area contributed by atoms with Crippen molar-refractivity contribution in [3.63, 3.8) is 0 Å². The summed E-state index contributed by atoms with van der Waals surface area (Å²) in [5.41, 5.74) is 0.761. The highest BCUT2D eigenvalue weighted by Crippen LogP contribution is 2.21. The first-order valence-corrected chi connectivity index (χ1v) is 6.59. The maximum Gasteiger partial charge on any atom is 0.305 e. The maximum absolute atomic E-state index is 13.4. The molecule has 2 rings (SSSR count). The van der Waals surface area contributed by atoms with Gasteiger partial charge < -0.3 is 14.6 Å². The number of aliphatic carboxylic acids is 1. The van der Waals surface area contributed by atoms with Gasteiger partial charge in [0.1, 0.15) is 5.82 Å². The second-order valence-corrected chi connectivity index (χ2v) is 5.13. The van der Waals surface area contributed by atoms with Crippen molar-refractivity contribution < 1.29 is 18.7 Å². The Kier molecular flexibility index (Phi) is 4.52. The third-order valence-electron chi connectivity index (χ3n) is 3.20. The number of aromatic nitrogens is 2. The fourth-order valence-corrected chi connectivity index (χ4v) is 2.14. The number of fused-ring (bicyclic) bond motifs is 1. The Bertz CT molecular complexity index is 668. The topological polar surface area (TPSA) is 58.4 Å². The van der Waals surface area contributed by atoms with Gasteiger partial charge in [0.2, 0.25) is 0 Å². The van der Waals surface area contributed by atoms with Gasteiger partial charge in [-0.15, -0.1) is 0 Å². The Labute approximate surface area is 120 Å². The van der Waals surface area contributed by atoms with Gasteiger partial charge in [-0.05, 0) is 14.1 Å². The van der Waals surface area contributed by atoms with Crippen molar-refractivity contribution in [3.05, 3.63) is 29.6 Å². The van der Waals surface area contributed by atoms with Crippen molar-refractivity contribution in [2.24, 2.45) is 0 Å². The Balaban J connectivity index is 2.43. The molecule has 0 aliphatic rings. The van der Waals surface area contributed by atoms with E-state index in [4.69, 9.17) is 5.11 Å². The van der Waals surface area contributed by atoms with E-state index in [9.17, 15) is 13.6 Å². The predicted molar refractivity (Wildman–Crippen MR) is 74.2 cm³/mol. The summed E-state index contributed by atoms with van der Waals surface area (Å²) in [5.74, 6) is -2.23. The number of halogens is 2. The van der Waals surface area contributed by atoms with Crippen LogP contribution in [0.1, 0.15) is 12.2 Å². The standard InChI is InChI=1S/C14H17F2N3O2/c1-18(2)5-3-13-17-11-7-9(15)10(16)8-12(11)19(13)6-4-14(20)21/h7-8H,3-6H2,1-2H3,(H,20,21). The number of hydrogen-bond donors (Lipinski definition) is 1. The number of aryl methyl sites for hydroxylation is 1. The van der Waals surface area contributed by atoms with Crippen molar-refractivity contribution in [3.8, 4) is 0 Å². The summed E-state index contributed by atoms with van der Waals surface area (Å²) in [6.07, 6.45) is 0.476. The quantitative estimate of drug-likeness (QED) is 0.884. The second-order valence-electron chi connectivity index (χ2n) is 5.13. The van der Waals surface area contributed by atoms with Crippen LogP contribution in [0.3, 0.4) is 0 Å². The largest absolute Gasteiger partial charge is 0.481 e. The summed E-state index contributed by atoms with van der Waals surface area (Å²) in [4.78, 5) is 17.0. The number of carboxylic acid groups (broad SMARTS) is 1. The molecule has 0 saturated carbocycles. The van der Waals surface area contributed by atoms with E-state index in [2.05, 4.69) is 4.98 Å². The Hall–Kier alpha value is -2.02. The van der Waals surface area contributed by atoms with Crippen LogP contribution in [-0.4, -0.2) is 46.2 Å². The normalized spacial score (nSPS) is 11.5. The molecule has 0 radical (unpaired) electrons. The van der Waals surface area contributed by atoms with Crippen LogP contribution < -0.4 is 0 Å². The molecule has 5 nitrogen and oxygen atoms in total. The summed E-state index contributed by atoms with van der Waals surface area (Å²) >= 11 is 0. The summed E-state index contributed by atoms with van der Waals surface area (Å²) in [6, 6.07) is 2.11. The zero-order valence-corrected chi connectivity index (χ0v) is 11.9. The fraction of sp³-hybridized carbons (Fsp3) is 0.429. The third-order valence-corrected chi connectivity index (χ3v) is 3.20.